The average Bonchev–Trinajstić information content (AvgIpc) is 2.57. The van der Waals surface area contributed by atoms with Gasteiger partial charge in [0.15, 0.2) is 0 Å². The predicted molar refractivity (Wildman–Crippen MR) is 103 cm³/mol. The van der Waals surface area contributed by atoms with Gasteiger partial charge >= 0.3 is 0 Å². The maximum Gasteiger partial charge on any atom is 0.246 e. The highest BCUT2D eigenvalue weighted by atomic mass is 16.3. The highest BCUT2D eigenvalue weighted by Gasteiger charge is 2.15. The zero-order valence-electron chi connectivity index (χ0n) is 15.2. The summed E-state index contributed by atoms with van der Waals surface area (Å²) in [5.41, 5.74) is 7.07. The second-order valence-electron chi connectivity index (χ2n) is 5.76. The van der Waals surface area contributed by atoms with Crippen LogP contribution in [0.5, 0.6) is 0 Å². The van der Waals surface area contributed by atoms with Gasteiger partial charge in [0.1, 0.15) is 5.76 Å². The summed E-state index contributed by atoms with van der Waals surface area (Å²) in [6.45, 7) is 7.99. The zero-order valence-corrected chi connectivity index (χ0v) is 15.2. The molecule has 5 N–H and O–H groups in total. The number of carbonyl (C=O) groups is 1. The van der Waals surface area contributed by atoms with Crippen molar-refractivity contribution in [1.82, 2.24) is 5.32 Å². The second kappa shape index (κ2) is 13.1. The van der Waals surface area contributed by atoms with E-state index in [1.807, 2.05) is 6.92 Å². The molecule has 0 aromatic rings. The maximum absolute atomic E-state index is 12.2. The van der Waals surface area contributed by atoms with Gasteiger partial charge in [0, 0.05) is 18.2 Å². The molecule has 0 heterocycles. The van der Waals surface area contributed by atoms with Crippen LogP contribution in [-0.2, 0) is 4.79 Å². The number of hydrogen-bond acceptors (Lipinski definition) is 4. The van der Waals surface area contributed by atoms with Gasteiger partial charge in [-0.3, -0.25) is 4.79 Å². The van der Waals surface area contributed by atoms with E-state index in [-0.39, 0.29) is 11.7 Å². The average molecular weight is 346 g/mol. The fourth-order valence-corrected chi connectivity index (χ4v) is 2.13. The van der Waals surface area contributed by atoms with Crippen LogP contribution in [0.3, 0.4) is 0 Å². The first-order valence-corrected chi connectivity index (χ1v) is 8.44. The number of nitrogens with two attached hydrogens (primary N) is 1. The summed E-state index contributed by atoms with van der Waals surface area (Å²) in [5.74, 6) is 2.01. The van der Waals surface area contributed by atoms with E-state index < -0.39 is 12.1 Å². The Kier molecular flexibility index (Phi) is 11.9. The van der Waals surface area contributed by atoms with Crippen molar-refractivity contribution in [3.05, 3.63) is 47.8 Å². The molecule has 0 aromatic heterocycles. The normalized spacial score (nSPS) is 14.8. The second-order valence-corrected chi connectivity index (χ2v) is 5.76. The van der Waals surface area contributed by atoms with Gasteiger partial charge in [-0.2, -0.15) is 0 Å². The molecular formula is C20H30N2O3. The predicted octanol–water partition coefficient (Wildman–Crippen LogP) is 2.50. The van der Waals surface area contributed by atoms with Crippen LogP contribution < -0.4 is 11.1 Å². The van der Waals surface area contributed by atoms with Crippen molar-refractivity contribution in [2.24, 2.45) is 5.73 Å². The van der Waals surface area contributed by atoms with Crippen molar-refractivity contribution in [2.45, 2.75) is 51.7 Å². The molecule has 25 heavy (non-hydrogen) atoms. The third kappa shape index (κ3) is 10.2. The van der Waals surface area contributed by atoms with Crippen LogP contribution in [0, 0.1) is 12.3 Å². The molecule has 0 saturated heterocycles. The van der Waals surface area contributed by atoms with E-state index in [9.17, 15) is 15.0 Å². The fourth-order valence-electron chi connectivity index (χ4n) is 2.13. The molecule has 0 bridgehead atoms. The van der Waals surface area contributed by atoms with Crippen LogP contribution in [0.15, 0.2) is 47.8 Å². The molecule has 0 aromatic carbocycles. The van der Waals surface area contributed by atoms with Gasteiger partial charge < -0.3 is 21.3 Å². The molecule has 0 aliphatic rings. The molecule has 2 atom stereocenters. The van der Waals surface area contributed by atoms with Gasteiger partial charge in [0.05, 0.1) is 6.10 Å². The minimum Gasteiger partial charge on any atom is -0.508 e. The van der Waals surface area contributed by atoms with Crippen LogP contribution in [0.1, 0.15) is 39.5 Å². The monoisotopic (exact) mass is 346 g/mol. The first-order chi connectivity index (χ1) is 11.8. The van der Waals surface area contributed by atoms with Crippen LogP contribution in [-0.4, -0.2) is 34.8 Å². The van der Waals surface area contributed by atoms with Gasteiger partial charge in [-0.05, 0) is 50.0 Å². The minimum absolute atomic E-state index is 0.0465. The van der Waals surface area contributed by atoms with Crippen molar-refractivity contribution in [3.8, 4) is 12.3 Å². The molecule has 138 valence electrons. The molecule has 2 unspecified atom stereocenters. The number of hydrogen-bond donors (Lipinski definition) is 4. The molecular weight excluding hydrogens is 316 g/mol. The van der Waals surface area contributed by atoms with E-state index in [0.717, 1.165) is 12.8 Å². The Balaban J connectivity index is 4.56. The molecule has 5 heteroatoms. The van der Waals surface area contributed by atoms with Crippen molar-refractivity contribution < 1.29 is 15.0 Å². The molecule has 0 saturated carbocycles. The van der Waals surface area contributed by atoms with Gasteiger partial charge in [0.25, 0.3) is 0 Å². The third-order valence-corrected chi connectivity index (χ3v) is 3.62. The van der Waals surface area contributed by atoms with Crippen LogP contribution in [0.2, 0.25) is 0 Å². The smallest absolute Gasteiger partial charge is 0.246 e. The minimum atomic E-state index is -0.510. The van der Waals surface area contributed by atoms with Crippen LogP contribution in [0.25, 0.3) is 0 Å². The van der Waals surface area contributed by atoms with Gasteiger partial charge in [-0.15, -0.1) is 6.42 Å². The quantitative estimate of drug-likeness (QED) is 0.200. The summed E-state index contributed by atoms with van der Waals surface area (Å²) in [6.07, 6.45) is 13.0. The lowest BCUT2D eigenvalue weighted by Gasteiger charge is -2.15. The SMILES string of the molecule is C#C/C=C\C(O)=C/C(=C)C(N)C/C(=C\C)C(=O)NCCC(O)CCC. The van der Waals surface area contributed by atoms with Crippen molar-refractivity contribution in [2.75, 3.05) is 6.54 Å². The Morgan fingerprint density at radius 3 is 2.68 bits per heavy atom. The van der Waals surface area contributed by atoms with E-state index in [1.165, 1.54) is 18.2 Å². The number of aliphatic hydroxyl groups excluding tert-OH is 2. The highest BCUT2D eigenvalue weighted by molar-refractivity contribution is 5.93. The highest BCUT2D eigenvalue weighted by Crippen LogP contribution is 2.13. The van der Waals surface area contributed by atoms with Gasteiger partial charge in [0.2, 0.25) is 5.91 Å². The zero-order chi connectivity index (χ0) is 19.2. The van der Waals surface area contributed by atoms with Gasteiger partial charge in [-0.1, -0.05) is 31.9 Å². The van der Waals surface area contributed by atoms with E-state index in [1.54, 1.807) is 13.0 Å². The molecule has 1 amide bonds. The molecule has 0 radical (unpaired) electrons. The summed E-state index contributed by atoms with van der Waals surface area (Å²) < 4.78 is 0. The van der Waals surface area contributed by atoms with E-state index in [4.69, 9.17) is 12.2 Å². The number of allylic oxidation sites excluding steroid dienone is 3. The Morgan fingerprint density at radius 1 is 1.44 bits per heavy atom. The standard InChI is InChI=1S/C20H30N2O3/c1-5-8-10-18(24)13-15(4)19(21)14-16(7-3)20(25)22-12-11-17(23)9-6-2/h1,7-8,10,13,17,19,23-24H,4,6,9,11-12,14,21H2,2-3H3,(H,22,25)/b10-8-,16-7+,18-13+. The number of amides is 1. The maximum atomic E-state index is 12.2. The van der Waals surface area contributed by atoms with Crippen LogP contribution >= 0.6 is 0 Å². The number of carbonyl (C=O) groups excluding carboxylic acids is 1. The van der Waals surface area contributed by atoms with Crippen molar-refractivity contribution in [3.63, 3.8) is 0 Å². The Bertz CT molecular complexity index is 568. The van der Waals surface area contributed by atoms with Gasteiger partial charge in [-0.25, -0.2) is 0 Å². The van der Waals surface area contributed by atoms with E-state index >= 15 is 0 Å². The largest absolute Gasteiger partial charge is 0.508 e. The lowest BCUT2D eigenvalue weighted by atomic mass is 9.99. The third-order valence-electron chi connectivity index (χ3n) is 3.62. The summed E-state index contributed by atoms with van der Waals surface area (Å²) in [6, 6.07) is -0.510. The van der Waals surface area contributed by atoms with Crippen molar-refractivity contribution >= 4 is 5.91 Å². The van der Waals surface area contributed by atoms with Crippen LogP contribution in [0.4, 0.5) is 0 Å². The molecule has 0 rings (SSSR count). The Hall–Kier alpha value is -2.29. The molecule has 0 aliphatic heterocycles. The summed E-state index contributed by atoms with van der Waals surface area (Å²) >= 11 is 0. The lowest BCUT2D eigenvalue weighted by molar-refractivity contribution is -0.117. The van der Waals surface area contributed by atoms with Crippen molar-refractivity contribution in [1.29, 1.82) is 0 Å². The number of nitrogens with one attached hydrogen (secondary N) is 1. The number of terminal acetylenes is 1. The first kappa shape index (κ1) is 22.7. The summed E-state index contributed by atoms with van der Waals surface area (Å²) in [7, 11) is 0. The van der Waals surface area contributed by atoms with E-state index in [0.29, 0.717) is 30.5 Å². The topological polar surface area (TPSA) is 95.6 Å². The molecule has 0 aliphatic carbocycles. The Morgan fingerprint density at radius 2 is 2.12 bits per heavy atom. The Labute approximate surface area is 151 Å². The van der Waals surface area contributed by atoms with E-state index in [2.05, 4.69) is 17.8 Å². The fraction of sp³-hybridized carbons (Fsp3) is 0.450. The summed E-state index contributed by atoms with van der Waals surface area (Å²) in [5, 5.41) is 22.1. The molecule has 0 spiro atoms. The molecule has 5 nitrogen and oxygen atoms in total. The number of rotatable bonds is 11. The summed E-state index contributed by atoms with van der Waals surface area (Å²) in [4.78, 5) is 12.2. The lowest BCUT2D eigenvalue weighted by Crippen LogP contribution is -2.31. The number of aliphatic hydroxyl groups is 2. The first-order valence-electron chi connectivity index (χ1n) is 8.44. The molecule has 0 fully saturated rings.